The molecule has 0 aliphatic carbocycles. The van der Waals surface area contributed by atoms with Crippen LogP contribution in [-0.4, -0.2) is 31.5 Å². The van der Waals surface area contributed by atoms with Crippen molar-refractivity contribution < 1.29 is 5.11 Å². The summed E-state index contributed by atoms with van der Waals surface area (Å²) in [7, 11) is 0. The molecule has 3 aromatic rings. The summed E-state index contributed by atoms with van der Waals surface area (Å²) in [5, 5.41) is 14.7. The molecule has 1 aliphatic heterocycles. The maximum atomic E-state index is 9.17. The van der Waals surface area contributed by atoms with E-state index in [0.29, 0.717) is 6.54 Å². The molecule has 7 heteroatoms. The number of aryl methyl sites for hydroxylation is 2. The van der Waals surface area contributed by atoms with Gasteiger partial charge < -0.3 is 10.0 Å². The fourth-order valence-electron chi connectivity index (χ4n) is 3.39. The van der Waals surface area contributed by atoms with E-state index in [1.165, 1.54) is 27.1 Å². The molecule has 0 saturated carbocycles. The summed E-state index contributed by atoms with van der Waals surface area (Å²) in [6.07, 6.45) is 4.56. The van der Waals surface area contributed by atoms with Crippen molar-refractivity contribution in [2.45, 2.75) is 39.9 Å². The van der Waals surface area contributed by atoms with E-state index in [0.717, 1.165) is 30.2 Å². The number of rotatable bonds is 4. The molecule has 0 radical (unpaired) electrons. The Morgan fingerprint density at radius 1 is 1.30 bits per heavy atom. The van der Waals surface area contributed by atoms with Crippen molar-refractivity contribution in [3.63, 3.8) is 0 Å². The van der Waals surface area contributed by atoms with E-state index in [4.69, 9.17) is 0 Å². The van der Waals surface area contributed by atoms with Gasteiger partial charge in [-0.2, -0.15) is 5.10 Å². The summed E-state index contributed by atoms with van der Waals surface area (Å²) in [5.41, 5.74) is 3.75. The predicted molar refractivity (Wildman–Crippen MR) is 90.7 cm³/mol. The van der Waals surface area contributed by atoms with Crippen molar-refractivity contribution in [3.8, 4) is 0 Å². The molecule has 0 bridgehead atoms. The summed E-state index contributed by atoms with van der Waals surface area (Å²) in [4.78, 5) is 13.7. The first kappa shape index (κ1) is 14.6. The standard InChI is InChI=1S/C16H19N5OS/c1-3-12-10(2)23-16-14(12)15(17-9-18-16)20-7-11-6-19-21(4-5-22)13(11)8-20/h6,9,22H,3-5,7-8H2,1-2H3. The van der Waals surface area contributed by atoms with Gasteiger partial charge in [0.2, 0.25) is 0 Å². The van der Waals surface area contributed by atoms with Crippen LogP contribution in [0.5, 0.6) is 0 Å². The zero-order valence-electron chi connectivity index (χ0n) is 13.3. The van der Waals surface area contributed by atoms with Crippen LogP contribution in [0, 0.1) is 6.92 Å². The Morgan fingerprint density at radius 2 is 2.17 bits per heavy atom. The van der Waals surface area contributed by atoms with Gasteiger partial charge in [0.05, 0.1) is 37.0 Å². The van der Waals surface area contributed by atoms with Gasteiger partial charge in [0, 0.05) is 17.0 Å². The molecular weight excluding hydrogens is 310 g/mol. The average molecular weight is 329 g/mol. The summed E-state index contributed by atoms with van der Waals surface area (Å²) in [6, 6.07) is 0. The lowest BCUT2D eigenvalue weighted by molar-refractivity contribution is 0.267. The Balaban J connectivity index is 1.76. The first-order valence-electron chi connectivity index (χ1n) is 7.85. The Kier molecular flexibility index (Phi) is 3.54. The number of aromatic nitrogens is 4. The Morgan fingerprint density at radius 3 is 2.96 bits per heavy atom. The largest absolute Gasteiger partial charge is 0.394 e. The topological polar surface area (TPSA) is 67.1 Å². The Labute approximate surface area is 138 Å². The van der Waals surface area contributed by atoms with E-state index >= 15 is 0 Å². The van der Waals surface area contributed by atoms with Gasteiger partial charge in [-0.1, -0.05) is 6.92 Å². The van der Waals surface area contributed by atoms with Gasteiger partial charge in [-0.15, -0.1) is 11.3 Å². The first-order valence-corrected chi connectivity index (χ1v) is 8.67. The number of aliphatic hydroxyl groups is 1. The first-order chi connectivity index (χ1) is 11.2. The van der Waals surface area contributed by atoms with Crippen LogP contribution in [0.25, 0.3) is 10.2 Å². The highest BCUT2D eigenvalue weighted by Crippen LogP contribution is 2.37. The van der Waals surface area contributed by atoms with Gasteiger partial charge in [-0.25, -0.2) is 9.97 Å². The van der Waals surface area contributed by atoms with E-state index in [1.54, 1.807) is 17.7 Å². The average Bonchev–Trinajstić information content (AvgIpc) is 3.20. The SMILES string of the molecule is CCc1c(C)sc2ncnc(N3Cc4cnn(CCO)c4C3)c12. The second-order valence-corrected chi connectivity index (χ2v) is 6.99. The van der Waals surface area contributed by atoms with Crippen LogP contribution in [0.1, 0.15) is 28.6 Å². The van der Waals surface area contributed by atoms with Crippen LogP contribution >= 0.6 is 11.3 Å². The van der Waals surface area contributed by atoms with Crippen molar-refractivity contribution >= 4 is 27.4 Å². The molecule has 0 saturated heterocycles. The van der Waals surface area contributed by atoms with Gasteiger partial charge in [-0.3, -0.25) is 4.68 Å². The highest BCUT2D eigenvalue weighted by atomic mass is 32.1. The highest BCUT2D eigenvalue weighted by Gasteiger charge is 2.27. The molecule has 3 aromatic heterocycles. The number of nitrogens with zero attached hydrogens (tertiary/aromatic N) is 5. The number of hydrogen-bond donors (Lipinski definition) is 1. The zero-order valence-corrected chi connectivity index (χ0v) is 14.1. The van der Waals surface area contributed by atoms with E-state index in [2.05, 4.69) is 33.8 Å². The zero-order chi connectivity index (χ0) is 16.0. The normalized spacial score (nSPS) is 14.0. The number of aliphatic hydroxyl groups excluding tert-OH is 1. The van der Waals surface area contributed by atoms with Crippen LogP contribution in [0.15, 0.2) is 12.5 Å². The minimum atomic E-state index is 0.107. The monoisotopic (exact) mass is 329 g/mol. The number of fused-ring (bicyclic) bond motifs is 2. The minimum absolute atomic E-state index is 0.107. The number of thiophene rings is 1. The van der Waals surface area contributed by atoms with Crippen molar-refractivity contribution in [2.75, 3.05) is 11.5 Å². The third-order valence-corrected chi connectivity index (χ3v) is 5.53. The third-order valence-electron chi connectivity index (χ3n) is 4.47. The van der Waals surface area contributed by atoms with Gasteiger partial charge >= 0.3 is 0 Å². The van der Waals surface area contributed by atoms with E-state index in [9.17, 15) is 5.11 Å². The molecule has 6 nitrogen and oxygen atoms in total. The molecule has 0 unspecified atom stereocenters. The molecular formula is C16H19N5OS. The molecule has 120 valence electrons. The van der Waals surface area contributed by atoms with Gasteiger partial charge in [0.15, 0.2) is 0 Å². The Bertz CT molecular complexity index is 869. The summed E-state index contributed by atoms with van der Waals surface area (Å²) in [6.45, 7) is 6.58. The van der Waals surface area contributed by atoms with Gasteiger partial charge in [-0.05, 0) is 18.9 Å². The lowest BCUT2D eigenvalue weighted by Gasteiger charge is -2.18. The molecule has 0 amide bonds. The summed E-state index contributed by atoms with van der Waals surface area (Å²) < 4.78 is 1.90. The molecule has 0 spiro atoms. The van der Waals surface area contributed by atoms with Crippen molar-refractivity contribution in [3.05, 3.63) is 34.2 Å². The molecule has 4 rings (SSSR count). The van der Waals surface area contributed by atoms with E-state index < -0.39 is 0 Å². The fraction of sp³-hybridized carbons (Fsp3) is 0.438. The lowest BCUT2D eigenvalue weighted by Crippen LogP contribution is -2.19. The van der Waals surface area contributed by atoms with Crippen molar-refractivity contribution in [1.82, 2.24) is 19.7 Å². The fourth-order valence-corrected chi connectivity index (χ4v) is 4.47. The summed E-state index contributed by atoms with van der Waals surface area (Å²) >= 11 is 1.75. The molecule has 0 fully saturated rings. The van der Waals surface area contributed by atoms with Crippen LogP contribution in [0.3, 0.4) is 0 Å². The van der Waals surface area contributed by atoms with Crippen molar-refractivity contribution in [2.24, 2.45) is 0 Å². The quantitative estimate of drug-likeness (QED) is 0.795. The van der Waals surface area contributed by atoms with Gasteiger partial charge in [0.1, 0.15) is 17.0 Å². The minimum Gasteiger partial charge on any atom is -0.394 e. The smallest absolute Gasteiger partial charge is 0.141 e. The highest BCUT2D eigenvalue weighted by molar-refractivity contribution is 7.18. The molecule has 1 N–H and O–H groups in total. The molecule has 0 atom stereocenters. The molecule has 4 heterocycles. The van der Waals surface area contributed by atoms with Crippen LogP contribution < -0.4 is 4.90 Å². The van der Waals surface area contributed by atoms with Crippen LogP contribution in [-0.2, 0) is 26.1 Å². The number of anilines is 1. The van der Waals surface area contributed by atoms with Crippen LogP contribution in [0.4, 0.5) is 5.82 Å². The van der Waals surface area contributed by atoms with Crippen LogP contribution in [0.2, 0.25) is 0 Å². The van der Waals surface area contributed by atoms with E-state index in [-0.39, 0.29) is 6.61 Å². The van der Waals surface area contributed by atoms with Gasteiger partial charge in [0.25, 0.3) is 0 Å². The number of hydrogen-bond acceptors (Lipinski definition) is 6. The Hall–Kier alpha value is -1.99. The third kappa shape index (κ3) is 2.22. The second kappa shape index (κ2) is 5.58. The lowest BCUT2D eigenvalue weighted by atomic mass is 10.1. The van der Waals surface area contributed by atoms with Crippen molar-refractivity contribution in [1.29, 1.82) is 0 Å². The second-order valence-electron chi connectivity index (χ2n) is 5.79. The summed E-state index contributed by atoms with van der Waals surface area (Å²) in [5.74, 6) is 1.02. The maximum Gasteiger partial charge on any atom is 0.141 e. The van der Waals surface area contributed by atoms with E-state index in [1.807, 2.05) is 10.9 Å². The molecule has 0 aromatic carbocycles. The molecule has 1 aliphatic rings. The maximum absolute atomic E-state index is 9.17. The predicted octanol–water partition coefficient (Wildman–Crippen LogP) is 2.27. The molecule has 23 heavy (non-hydrogen) atoms.